The normalized spacial score (nSPS) is 18.3. The van der Waals surface area contributed by atoms with Gasteiger partial charge in [-0.2, -0.15) is 11.8 Å². The second kappa shape index (κ2) is 5.79. The molecule has 5 nitrogen and oxygen atoms in total. The second-order valence-electron chi connectivity index (χ2n) is 4.35. The predicted molar refractivity (Wildman–Crippen MR) is 75.9 cm³/mol. The van der Waals surface area contributed by atoms with Crippen LogP contribution in [0.25, 0.3) is 0 Å². The SMILES string of the molecule is CN(C(=O)c1cc([N+](=O)[O-])ccc1Cl)C1CCSC1. The first-order chi connectivity index (χ1) is 9.00. The molecule has 102 valence electrons. The van der Waals surface area contributed by atoms with Crippen LogP contribution in [0.5, 0.6) is 0 Å². The predicted octanol–water partition coefficient (Wildman–Crippen LogP) is 2.83. The molecule has 7 heteroatoms. The number of hydrogen-bond acceptors (Lipinski definition) is 4. The molecule has 19 heavy (non-hydrogen) atoms. The van der Waals surface area contributed by atoms with Crippen LogP contribution in [0, 0.1) is 10.1 Å². The van der Waals surface area contributed by atoms with Crippen LogP contribution in [0.3, 0.4) is 0 Å². The van der Waals surface area contributed by atoms with Gasteiger partial charge >= 0.3 is 0 Å². The third-order valence-electron chi connectivity index (χ3n) is 3.16. The summed E-state index contributed by atoms with van der Waals surface area (Å²) in [5.41, 5.74) is 0.0669. The van der Waals surface area contributed by atoms with E-state index in [1.54, 1.807) is 23.7 Å². The van der Waals surface area contributed by atoms with Gasteiger partial charge in [-0.15, -0.1) is 0 Å². The fourth-order valence-electron chi connectivity index (χ4n) is 1.97. The van der Waals surface area contributed by atoms with Crippen LogP contribution < -0.4 is 0 Å². The van der Waals surface area contributed by atoms with E-state index in [2.05, 4.69) is 0 Å². The van der Waals surface area contributed by atoms with E-state index in [1.807, 2.05) is 0 Å². The van der Waals surface area contributed by atoms with Crippen molar-refractivity contribution in [2.45, 2.75) is 12.5 Å². The number of nitro benzene ring substituents is 1. The van der Waals surface area contributed by atoms with Gasteiger partial charge in [0.25, 0.3) is 11.6 Å². The average molecular weight is 301 g/mol. The Morgan fingerprint density at radius 1 is 1.58 bits per heavy atom. The van der Waals surface area contributed by atoms with Crippen LogP contribution in [-0.2, 0) is 0 Å². The van der Waals surface area contributed by atoms with Gasteiger partial charge in [0.05, 0.1) is 15.5 Å². The van der Waals surface area contributed by atoms with Crippen LogP contribution in [0.1, 0.15) is 16.8 Å². The first-order valence-corrected chi connectivity index (χ1v) is 7.33. The van der Waals surface area contributed by atoms with Crippen LogP contribution in [0.15, 0.2) is 18.2 Å². The molecule has 1 fully saturated rings. The average Bonchev–Trinajstić information content (AvgIpc) is 2.91. The standard InChI is InChI=1S/C12H13ClN2O3S/c1-14(9-4-5-19-7-9)12(16)10-6-8(15(17)18)2-3-11(10)13/h2-3,6,9H,4-5,7H2,1H3. The van der Waals surface area contributed by atoms with E-state index in [0.717, 1.165) is 17.9 Å². The molecule has 1 aromatic carbocycles. The Morgan fingerprint density at radius 3 is 2.89 bits per heavy atom. The molecule has 0 bridgehead atoms. The maximum Gasteiger partial charge on any atom is 0.270 e. The molecule has 1 aromatic rings. The third-order valence-corrected chi connectivity index (χ3v) is 4.64. The van der Waals surface area contributed by atoms with Crippen molar-refractivity contribution in [2.24, 2.45) is 0 Å². The fourth-order valence-corrected chi connectivity index (χ4v) is 3.44. The van der Waals surface area contributed by atoms with Crippen molar-refractivity contribution >= 4 is 35.0 Å². The van der Waals surface area contributed by atoms with E-state index in [4.69, 9.17) is 11.6 Å². The van der Waals surface area contributed by atoms with Gasteiger partial charge in [-0.3, -0.25) is 14.9 Å². The number of nitrogens with zero attached hydrogens (tertiary/aromatic N) is 2. The molecular formula is C12H13ClN2O3S. The zero-order valence-corrected chi connectivity index (χ0v) is 11.9. The number of rotatable bonds is 3. The summed E-state index contributed by atoms with van der Waals surface area (Å²) in [7, 11) is 1.72. The van der Waals surface area contributed by atoms with E-state index in [-0.39, 0.29) is 28.2 Å². The summed E-state index contributed by atoms with van der Waals surface area (Å²) in [4.78, 5) is 24.2. The smallest absolute Gasteiger partial charge is 0.270 e. The summed E-state index contributed by atoms with van der Waals surface area (Å²) < 4.78 is 0. The highest BCUT2D eigenvalue weighted by Gasteiger charge is 2.26. The first kappa shape index (κ1) is 14.1. The van der Waals surface area contributed by atoms with Crippen molar-refractivity contribution in [1.29, 1.82) is 0 Å². The molecular weight excluding hydrogens is 288 g/mol. The van der Waals surface area contributed by atoms with Gasteiger partial charge in [-0.25, -0.2) is 0 Å². The maximum absolute atomic E-state index is 12.3. The molecule has 1 aliphatic rings. The Morgan fingerprint density at radius 2 is 2.32 bits per heavy atom. The molecule has 0 aromatic heterocycles. The Labute approximate surface area is 120 Å². The highest BCUT2D eigenvalue weighted by atomic mass is 35.5. The Kier molecular flexibility index (Phi) is 4.31. The highest BCUT2D eigenvalue weighted by Crippen LogP contribution is 2.26. The summed E-state index contributed by atoms with van der Waals surface area (Å²) in [5.74, 6) is 1.67. The van der Waals surface area contributed by atoms with E-state index >= 15 is 0 Å². The fraction of sp³-hybridized carbons (Fsp3) is 0.417. The molecule has 0 radical (unpaired) electrons. The molecule has 0 aliphatic carbocycles. The summed E-state index contributed by atoms with van der Waals surface area (Å²) in [6, 6.07) is 4.10. The molecule has 2 rings (SSSR count). The number of carbonyl (C=O) groups excluding carboxylic acids is 1. The van der Waals surface area contributed by atoms with Crippen molar-refractivity contribution in [1.82, 2.24) is 4.90 Å². The zero-order valence-electron chi connectivity index (χ0n) is 10.3. The lowest BCUT2D eigenvalue weighted by atomic mass is 10.1. The zero-order chi connectivity index (χ0) is 14.0. The number of hydrogen-bond donors (Lipinski definition) is 0. The lowest BCUT2D eigenvalue weighted by molar-refractivity contribution is -0.384. The Balaban J connectivity index is 2.26. The summed E-state index contributed by atoms with van der Waals surface area (Å²) >= 11 is 7.77. The van der Waals surface area contributed by atoms with Gasteiger partial charge in [0.1, 0.15) is 0 Å². The molecule has 0 saturated carbocycles. The van der Waals surface area contributed by atoms with Crippen molar-refractivity contribution in [3.8, 4) is 0 Å². The van der Waals surface area contributed by atoms with Crippen molar-refractivity contribution < 1.29 is 9.72 Å². The molecule has 1 heterocycles. The number of carbonyl (C=O) groups is 1. The number of thioether (sulfide) groups is 1. The minimum atomic E-state index is -0.529. The van der Waals surface area contributed by atoms with E-state index in [9.17, 15) is 14.9 Å². The van der Waals surface area contributed by atoms with Gasteiger partial charge in [0, 0.05) is 31.0 Å². The number of halogens is 1. The molecule has 1 aliphatic heterocycles. The van der Waals surface area contributed by atoms with Crippen LogP contribution in [0.4, 0.5) is 5.69 Å². The van der Waals surface area contributed by atoms with Crippen molar-refractivity contribution in [2.75, 3.05) is 18.6 Å². The van der Waals surface area contributed by atoms with Gasteiger partial charge in [0.15, 0.2) is 0 Å². The number of non-ortho nitro benzene ring substituents is 1. The van der Waals surface area contributed by atoms with Crippen LogP contribution in [-0.4, -0.2) is 40.3 Å². The molecule has 1 saturated heterocycles. The van der Waals surface area contributed by atoms with Gasteiger partial charge in [-0.05, 0) is 18.2 Å². The molecule has 0 N–H and O–H groups in total. The molecule has 1 atom stereocenters. The topological polar surface area (TPSA) is 63.5 Å². The van der Waals surface area contributed by atoms with Gasteiger partial charge < -0.3 is 4.90 Å². The highest BCUT2D eigenvalue weighted by molar-refractivity contribution is 7.99. The van der Waals surface area contributed by atoms with Crippen LogP contribution in [0.2, 0.25) is 5.02 Å². The third kappa shape index (κ3) is 3.01. The lowest BCUT2D eigenvalue weighted by Gasteiger charge is -2.24. The summed E-state index contributed by atoms with van der Waals surface area (Å²) in [5, 5.41) is 11.0. The molecule has 1 amide bonds. The minimum absolute atomic E-state index is 0.123. The van der Waals surface area contributed by atoms with E-state index < -0.39 is 4.92 Å². The van der Waals surface area contributed by atoms with Crippen molar-refractivity contribution in [3.63, 3.8) is 0 Å². The van der Waals surface area contributed by atoms with E-state index in [1.165, 1.54) is 18.2 Å². The lowest BCUT2D eigenvalue weighted by Crippen LogP contribution is -2.37. The number of benzene rings is 1. The maximum atomic E-state index is 12.3. The molecule has 0 spiro atoms. The minimum Gasteiger partial charge on any atom is -0.338 e. The van der Waals surface area contributed by atoms with Crippen LogP contribution >= 0.6 is 23.4 Å². The number of amides is 1. The van der Waals surface area contributed by atoms with Gasteiger partial charge in [-0.1, -0.05) is 11.6 Å². The quantitative estimate of drug-likeness (QED) is 0.636. The first-order valence-electron chi connectivity index (χ1n) is 5.79. The monoisotopic (exact) mass is 300 g/mol. The Hall–Kier alpha value is -1.27. The van der Waals surface area contributed by atoms with Crippen molar-refractivity contribution in [3.05, 3.63) is 38.9 Å². The number of nitro groups is 1. The van der Waals surface area contributed by atoms with Gasteiger partial charge in [0.2, 0.25) is 0 Å². The molecule has 1 unspecified atom stereocenters. The summed E-state index contributed by atoms with van der Waals surface area (Å²) in [6.45, 7) is 0. The second-order valence-corrected chi connectivity index (χ2v) is 5.91. The van der Waals surface area contributed by atoms with E-state index in [0.29, 0.717) is 0 Å². The largest absolute Gasteiger partial charge is 0.338 e. The summed E-state index contributed by atoms with van der Waals surface area (Å²) in [6.07, 6.45) is 0.944. The Bertz CT molecular complexity index is 518.